The average Bonchev–Trinajstić information content (AvgIpc) is 2.89. The van der Waals surface area contributed by atoms with Gasteiger partial charge in [-0.25, -0.2) is 8.42 Å². The third-order valence-electron chi connectivity index (χ3n) is 5.81. The number of anilines is 1. The van der Waals surface area contributed by atoms with Crippen LogP contribution >= 0.6 is 23.2 Å². The molecule has 0 fully saturated rings. The fourth-order valence-corrected chi connectivity index (χ4v) is 5.62. The minimum Gasteiger partial charge on any atom is -0.357 e. The van der Waals surface area contributed by atoms with E-state index in [1.165, 1.54) is 38.2 Å². The van der Waals surface area contributed by atoms with Gasteiger partial charge in [-0.05, 0) is 55.0 Å². The Balaban J connectivity index is 2.11. The molecule has 1 atom stereocenters. The molecule has 3 rings (SSSR count). The Bertz CT molecular complexity index is 1450. The van der Waals surface area contributed by atoms with E-state index in [1.807, 2.05) is 0 Å². The lowest BCUT2D eigenvalue weighted by atomic mass is 10.1. The van der Waals surface area contributed by atoms with Gasteiger partial charge in [-0.3, -0.25) is 13.9 Å². The lowest BCUT2D eigenvalue weighted by Gasteiger charge is -2.32. The smallest absolute Gasteiger partial charge is 0.357 e. The number of nitrogens with zero attached hydrogens (tertiary/aromatic N) is 2. The summed E-state index contributed by atoms with van der Waals surface area (Å²) in [5, 5.41) is 2.18. The molecule has 0 saturated heterocycles. The van der Waals surface area contributed by atoms with Crippen LogP contribution in [-0.4, -0.2) is 44.8 Å². The van der Waals surface area contributed by atoms with Crippen LogP contribution in [0.5, 0.6) is 0 Å². The highest BCUT2D eigenvalue weighted by Crippen LogP contribution is 2.38. The fourth-order valence-electron chi connectivity index (χ4n) is 3.76. The Morgan fingerprint density at radius 1 is 0.974 bits per heavy atom. The van der Waals surface area contributed by atoms with E-state index in [-0.39, 0.29) is 11.4 Å². The molecule has 0 saturated carbocycles. The maximum atomic E-state index is 13.7. The van der Waals surface area contributed by atoms with Crippen molar-refractivity contribution < 1.29 is 31.2 Å². The summed E-state index contributed by atoms with van der Waals surface area (Å²) < 4.78 is 68.7. The van der Waals surface area contributed by atoms with E-state index < -0.39 is 56.9 Å². The Morgan fingerprint density at radius 2 is 1.64 bits per heavy atom. The van der Waals surface area contributed by atoms with Crippen LogP contribution in [0.15, 0.2) is 77.7 Å². The summed E-state index contributed by atoms with van der Waals surface area (Å²) in [6, 6.07) is 15.0. The summed E-state index contributed by atoms with van der Waals surface area (Å²) in [4.78, 5) is 27.0. The van der Waals surface area contributed by atoms with Crippen molar-refractivity contribution in [3.63, 3.8) is 0 Å². The summed E-state index contributed by atoms with van der Waals surface area (Å²) in [5.41, 5.74) is -1.15. The van der Waals surface area contributed by atoms with Gasteiger partial charge in [0.15, 0.2) is 0 Å². The first-order valence-electron chi connectivity index (χ1n) is 11.5. The number of amides is 2. The Labute approximate surface area is 234 Å². The largest absolute Gasteiger partial charge is 0.417 e. The van der Waals surface area contributed by atoms with Crippen LogP contribution in [0.3, 0.4) is 0 Å². The van der Waals surface area contributed by atoms with E-state index in [1.54, 1.807) is 30.3 Å². The zero-order chi connectivity index (χ0) is 29.0. The van der Waals surface area contributed by atoms with Gasteiger partial charge in [0.05, 0.1) is 21.2 Å². The SMILES string of the molecule is CNC(=O)[C@@H](C)N(Cc1cccc(Cl)c1)C(=O)CN(c1ccc(Cl)c(C(F)(F)F)c1)S(=O)(=O)c1ccccc1. The molecule has 3 aromatic carbocycles. The number of nitrogens with one attached hydrogen (secondary N) is 1. The lowest BCUT2D eigenvalue weighted by Crippen LogP contribution is -2.50. The fraction of sp³-hybridized carbons (Fsp3) is 0.231. The number of alkyl halides is 3. The first kappa shape index (κ1) is 30.3. The van der Waals surface area contributed by atoms with Crippen LogP contribution < -0.4 is 9.62 Å². The van der Waals surface area contributed by atoms with Crippen molar-refractivity contribution in [3.05, 3.63) is 94.0 Å². The molecular formula is C26H24Cl2F3N3O4S. The first-order chi connectivity index (χ1) is 18.3. The number of carbonyl (C=O) groups excluding carboxylic acids is 2. The summed E-state index contributed by atoms with van der Waals surface area (Å²) >= 11 is 11.8. The van der Waals surface area contributed by atoms with E-state index >= 15 is 0 Å². The number of rotatable bonds is 9. The second-order valence-electron chi connectivity index (χ2n) is 8.43. The average molecular weight is 602 g/mol. The third kappa shape index (κ3) is 7.23. The van der Waals surface area contributed by atoms with Gasteiger partial charge in [0.1, 0.15) is 12.6 Å². The first-order valence-corrected chi connectivity index (χ1v) is 13.7. The molecule has 0 spiro atoms. The Hall–Kier alpha value is -3.28. The van der Waals surface area contributed by atoms with Crippen LogP contribution in [0.1, 0.15) is 18.1 Å². The van der Waals surface area contributed by atoms with Gasteiger partial charge in [0.25, 0.3) is 10.0 Å². The third-order valence-corrected chi connectivity index (χ3v) is 8.16. The highest BCUT2D eigenvalue weighted by molar-refractivity contribution is 7.92. The minimum absolute atomic E-state index is 0.123. The van der Waals surface area contributed by atoms with Crippen molar-refractivity contribution in [2.24, 2.45) is 0 Å². The van der Waals surface area contributed by atoms with Gasteiger partial charge in [-0.1, -0.05) is 53.5 Å². The molecule has 0 aliphatic heterocycles. The van der Waals surface area contributed by atoms with Gasteiger partial charge in [-0.2, -0.15) is 13.2 Å². The number of hydrogen-bond donors (Lipinski definition) is 1. The quantitative estimate of drug-likeness (QED) is 0.357. The maximum Gasteiger partial charge on any atom is 0.417 e. The van der Waals surface area contributed by atoms with E-state index in [0.29, 0.717) is 21.0 Å². The van der Waals surface area contributed by atoms with Crippen molar-refractivity contribution in [1.82, 2.24) is 10.2 Å². The molecule has 39 heavy (non-hydrogen) atoms. The van der Waals surface area contributed by atoms with Gasteiger partial charge < -0.3 is 10.2 Å². The summed E-state index contributed by atoms with van der Waals surface area (Å²) in [7, 11) is -3.16. The van der Waals surface area contributed by atoms with E-state index in [9.17, 15) is 31.2 Å². The second kappa shape index (κ2) is 12.3. The van der Waals surface area contributed by atoms with Crippen molar-refractivity contribution in [2.75, 3.05) is 17.9 Å². The monoisotopic (exact) mass is 601 g/mol. The molecule has 0 radical (unpaired) electrons. The highest BCUT2D eigenvalue weighted by Gasteiger charge is 2.36. The van der Waals surface area contributed by atoms with Crippen LogP contribution in [0.2, 0.25) is 10.0 Å². The standard InChI is InChI=1S/C26H24Cl2F3N3O4S/c1-17(25(36)32-2)33(15-18-7-6-8-19(27)13-18)24(35)16-34(39(37,38)21-9-4-3-5-10-21)20-11-12-23(28)22(14-20)26(29,30)31/h3-14,17H,15-16H2,1-2H3,(H,32,36)/t17-/m1/s1. The Kier molecular flexibility index (Phi) is 9.52. The molecule has 1 N–H and O–H groups in total. The molecule has 208 valence electrons. The molecule has 3 aromatic rings. The van der Waals surface area contributed by atoms with Crippen LogP contribution in [0.4, 0.5) is 18.9 Å². The molecular weight excluding hydrogens is 578 g/mol. The number of likely N-dealkylation sites (N-methyl/N-ethyl adjacent to an activating group) is 1. The Morgan fingerprint density at radius 3 is 2.23 bits per heavy atom. The zero-order valence-electron chi connectivity index (χ0n) is 20.7. The number of benzene rings is 3. The zero-order valence-corrected chi connectivity index (χ0v) is 23.1. The highest BCUT2D eigenvalue weighted by atomic mass is 35.5. The minimum atomic E-state index is -4.88. The van der Waals surface area contributed by atoms with Gasteiger partial charge in [0, 0.05) is 18.6 Å². The predicted molar refractivity (Wildman–Crippen MR) is 143 cm³/mol. The number of carbonyl (C=O) groups is 2. The van der Waals surface area contributed by atoms with Crippen molar-refractivity contribution >= 4 is 50.7 Å². The molecule has 13 heteroatoms. The van der Waals surface area contributed by atoms with Gasteiger partial charge in [-0.15, -0.1) is 0 Å². The molecule has 7 nitrogen and oxygen atoms in total. The van der Waals surface area contributed by atoms with Crippen molar-refractivity contribution in [3.8, 4) is 0 Å². The van der Waals surface area contributed by atoms with E-state index in [2.05, 4.69) is 5.32 Å². The van der Waals surface area contributed by atoms with Crippen LogP contribution in [-0.2, 0) is 32.3 Å². The van der Waals surface area contributed by atoms with Crippen molar-refractivity contribution in [1.29, 1.82) is 0 Å². The maximum absolute atomic E-state index is 13.7. The second-order valence-corrected chi connectivity index (χ2v) is 11.1. The van der Waals surface area contributed by atoms with E-state index in [0.717, 1.165) is 17.0 Å². The summed E-state index contributed by atoms with van der Waals surface area (Å²) in [6.45, 7) is 0.418. The van der Waals surface area contributed by atoms with Crippen LogP contribution in [0, 0.1) is 0 Å². The summed E-state index contributed by atoms with van der Waals surface area (Å²) in [6.07, 6.45) is -4.88. The molecule has 0 aliphatic carbocycles. The van der Waals surface area contributed by atoms with E-state index in [4.69, 9.17) is 23.2 Å². The van der Waals surface area contributed by atoms with Crippen molar-refractivity contribution in [2.45, 2.75) is 30.6 Å². The number of sulfonamides is 1. The number of halogens is 5. The molecule has 0 bridgehead atoms. The topological polar surface area (TPSA) is 86.8 Å². The molecule has 0 heterocycles. The van der Waals surface area contributed by atoms with Gasteiger partial charge >= 0.3 is 6.18 Å². The number of hydrogen-bond acceptors (Lipinski definition) is 4. The molecule has 0 aliphatic rings. The lowest BCUT2D eigenvalue weighted by molar-refractivity contribution is -0.139. The molecule has 2 amide bonds. The summed E-state index contributed by atoms with van der Waals surface area (Å²) in [5.74, 6) is -1.37. The van der Waals surface area contributed by atoms with Crippen LogP contribution in [0.25, 0.3) is 0 Å². The molecule has 0 aromatic heterocycles. The normalized spacial score (nSPS) is 12.5. The molecule has 0 unspecified atom stereocenters. The predicted octanol–water partition coefficient (Wildman–Crippen LogP) is 5.37. The van der Waals surface area contributed by atoms with Gasteiger partial charge in [0.2, 0.25) is 11.8 Å².